The molecule has 0 unspecified atom stereocenters. The molecular formula is C13H20F2O3S. The topological polar surface area (TPSA) is 54.4 Å². The van der Waals surface area contributed by atoms with Crippen molar-refractivity contribution in [3.05, 3.63) is 0 Å². The fourth-order valence-electron chi connectivity index (χ4n) is 5.04. The van der Waals surface area contributed by atoms with Gasteiger partial charge in [-0.3, -0.25) is 4.55 Å². The third-order valence-corrected chi connectivity index (χ3v) is 6.14. The number of hydrogen-bond acceptors (Lipinski definition) is 2. The highest BCUT2D eigenvalue weighted by Crippen LogP contribution is 2.58. The van der Waals surface area contributed by atoms with Gasteiger partial charge >= 0.3 is 0 Å². The Hall–Kier alpha value is -0.230. The smallest absolute Gasteiger partial charge is 0.270 e. The quantitative estimate of drug-likeness (QED) is 0.811. The van der Waals surface area contributed by atoms with E-state index in [0.29, 0.717) is 23.7 Å². The summed E-state index contributed by atoms with van der Waals surface area (Å²) in [5, 5.41) is 0. The lowest BCUT2D eigenvalue weighted by Crippen LogP contribution is -2.47. The summed E-state index contributed by atoms with van der Waals surface area (Å²) in [7, 11) is -4.61. The van der Waals surface area contributed by atoms with Crippen LogP contribution in [0.4, 0.5) is 8.78 Å². The number of hydrogen-bond donors (Lipinski definition) is 1. The van der Waals surface area contributed by atoms with Crippen molar-refractivity contribution >= 4 is 10.1 Å². The first-order valence-corrected chi connectivity index (χ1v) is 8.66. The Bertz CT molecular complexity index is 433. The fraction of sp³-hybridized carbons (Fsp3) is 1.00. The summed E-state index contributed by atoms with van der Waals surface area (Å²) in [6.07, 6.45) is 5.06. The van der Waals surface area contributed by atoms with E-state index in [0.717, 1.165) is 25.7 Å². The molecule has 4 fully saturated rings. The normalized spacial score (nSPS) is 41.7. The van der Waals surface area contributed by atoms with Gasteiger partial charge in [-0.2, -0.15) is 8.42 Å². The highest BCUT2D eigenvalue weighted by Gasteiger charge is 2.51. The Kier molecular flexibility index (Phi) is 3.17. The van der Waals surface area contributed by atoms with Crippen molar-refractivity contribution in [2.24, 2.45) is 29.6 Å². The summed E-state index contributed by atoms with van der Waals surface area (Å²) >= 11 is 0. The second-order valence-electron chi connectivity index (χ2n) is 6.88. The molecule has 4 saturated carbocycles. The van der Waals surface area contributed by atoms with Gasteiger partial charge in [-0.1, -0.05) is 0 Å². The minimum Gasteiger partial charge on any atom is -0.285 e. The SMILES string of the molecule is O=S(=O)(O)CC(F)(F)CC1C2CC3CC(C2)CC1C3. The zero-order chi connectivity index (χ0) is 13.8. The Morgan fingerprint density at radius 2 is 1.47 bits per heavy atom. The molecular weight excluding hydrogens is 274 g/mol. The summed E-state index contributed by atoms with van der Waals surface area (Å²) in [4.78, 5) is 0. The first-order valence-electron chi connectivity index (χ1n) is 7.05. The minimum absolute atomic E-state index is 0.0513. The number of rotatable bonds is 4. The summed E-state index contributed by atoms with van der Waals surface area (Å²) < 4.78 is 57.5. The number of alkyl halides is 2. The largest absolute Gasteiger partial charge is 0.285 e. The van der Waals surface area contributed by atoms with Crippen molar-refractivity contribution < 1.29 is 21.8 Å². The third kappa shape index (κ3) is 2.94. The van der Waals surface area contributed by atoms with Crippen LogP contribution in [0.5, 0.6) is 0 Å². The molecule has 110 valence electrons. The van der Waals surface area contributed by atoms with E-state index in [4.69, 9.17) is 4.55 Å². The van der Waals surface area contributed by atoms with E-state index < -0.39 is 21.8 Å². The average molecular weight is 294 g/mol. The maximum Gasteiger partial charge on any atom is 0.270 e. The first kappa shape index (κ1) is 13.7. The van der Waals surface area contributed by atoms with Gasteiger partial charge in [0, 0.05) is 6.42 Å². The van der Waals surface area contributed by atoms with Crippen LogP contribution < -0.4 is 0 Å². The maximum absolute atomic E-state index is 13.8. The van der Waals surface area contributed by atoms with Gasteiger partial charge in [-0.25, -0.2) is 8.78 Å². The predicted octanol–water partition coefficient (Wildman–Crippen LogP) is 2.97. The number of halogens is 2. The molecule has 19 heavy (non-hydrogen) atoms. The Labute approximate surface area is 112 Å². The monoisotopic (exact) mass is 294 g/mol. The van der Waals surface area contributed by atoms with Crippen molar-refractivity contribution in [1.82, 2.24) is 0 Å². The molecule has 0 amide bonds. The van der Waals surface area contributed by atoms with Crippen LogP contribution in [0.2, 0.25) is 0 Å². The predicted molar refractivity (Wildman–Crippen MR) is 66.5 cm³/mol. The molecule has 0 saturated heterocycles. The van der Waals surface area contributed by atoms with Crippen LogP contribution in [0.3, 0.4) is 0 Å². The molecule has 4 aliphatic carbocycles. The van der Waals surface area contributed by atoms with Crippen LogP contribution >= 0.6 is 0 Å². The standard InChI is InChI=1S/C13H20F2O3S/c14-13(15,7-19(16,17)18)6-12-10-2-8-1-9(4-10)5-11(12)3-8/h8-12H,1-7H2,(H,16,17,18). The van der Waals surface area contributed by atoms with Crippen molar-refractivity contribution in [3.63, 3.8) is 0 Å². The van der Waals surface area contributed by atoms with E-state index in [9.17, 15) is 17.2 Å². The van der Waals surface area contributed by atoms with Crippen LogP contribution in [-0.4, -0.2) is 24.6 Å². The lowest BCUT2D eigenvalue weighted by Gasteiger charge is -2.55. The van der Waals surface area contributed by atoms with Gasteiger partial charge in [-0.05, 0) is 61.7 Å². The van der Waals surface area contributed by atoms with E-state index >= 15 is 0 Å². The summed E-state index contributed by atoms with van der Waals surface area (Å²) in [6, 6.07) is 0. The molecule has 0 radical (unpaired) electrons. The van der Waals surface area contributed by atoms with Gasteiger partial charge in [0.25, 0.3) is 16.0 Å². The zero-order valence-corrected chi connectivity index (χ0v) is 11.6. The van der Waals surface area contributed by atoms with Crippen LogP contribution in [0, 0.1) is 29.6 Å². The second-order valence-corrected chi connectivity index (χ2v) is 8.33. The Morgan fingerprint density at radius 3 is 1.89 bits per heavy atom. The van der Waals surface area contributed by atoms with Crippen molar-refractivity contribution in [1.29, 1.82) is 0 Å². The Balaban J connectivity index is 1.70. The first-order chi connectivity index (χ1) is 8.72. The van der Waals surface area contributed by atoms with Gasteiger partial charge in [0.1, 0.15) is 5.75 Å². The van der Waals surface area contributed by atoms with E-state index in [1.165, 1.54) is 6.42 Å². The molecule has 0 heterocycles. The molecule has 0 aromatic carbocycles. The van der Waals surface area contributed by atoms with E-state index in [1.807, 2.05) is 0 Å². The molecule has 4 bridgehead atoms. The minimum atomic E-state index is -4.61. The molecule has 6 heteroatoms. The van der Waals surface area contributed by atoms with Gasteiger partial charge in [0.05, 0.1) is 0 Å². The van der Waals surface area contributed by atoms with Gasteiger partial charge in [0.2, 0.25) is 0 Å². The highest BCUT2D eigenvalue weighted by molar-refractivity contribution is 7.85. The van der Waals surface area contributed by atoms with E-state index in [-0.39, 0.29) is 12.3 Å². The van der Waals surface area contributed by atoms with Crippen LogP contribution in [-0.2, 0) is 10.1 Å². The molecule has 0 aromatic heterocycles. The average Bonchev–Trinajstić information content (AvgIpc) is 2.18. The van der Waals surface area contributed by atoms with Crippen LogP contribution in [0.25, 0.3) is 0 Å². The van der Waals surface area contributed by atoms with Gasteiger partial charge in [-0.15, -0.1) is 0 Å². The summed E-state index contributed by atoms with van der Waals surface area (Å²) in [5.41, 5.74) is 0. The molecule has 0 spiro atoms. The summed E-state index contributed by atoms with van der Waals surface area (Å²) in [6.45, 7) is 0. The van der Waals surface area contributed by atoms with Crippen molar-refractivity contribution in [2.75, 3.05) is 5.75 Å². The van der Waals surface area contributed by atoms with Crippen LogP contribution in [0.15, 0.2) is 0 Å². The third-order valence-electron chi connectivity index (χ3n) is 5.35. The fourth-order valence-corrected chi connectivity index (χ4v) is 5.69. The van der Waals surface area contributed by atoms with E-state index in [1.54, 1.807) is 0 Å². The lowest BCUT2D eigenvalue weighted by molar-refractivity contribution is -0.0876. The molecule has 4 aliphatic rings. The maximum atomic E-state index is 13.8. The van der Waals surface area contributed by atoms with Gasteiger partial charge in [0.15, 0.2) is 0 Å². The van der Waals surface area contributed by atoms with Gasteiger partial charge < -0.3 is 0 Å². The zero-order valence-electron chi connectivity index (χ0n) is 10.8. The molecule has 4 rings (SSSR count). The summed E-state index contributed by atoms with van der Waals surface area (Å²) in [5.74, 6) is -2.64. The second kappa shape index (κ2) is 4.38. The van der Waals surface area contributed by atoms with Crippen LogP contribution in [0.1, 0.15) is 38.5 Å². The molecule has 0 aromatic rings. The Morgan fingerprint density at radius 1 is 1.00 bits per heavy atom. The molecule has 0 atom stereocenters. The van der Waals surface area contributed by atoms with E-state index in [2.05, 4.69) is 0 Å². The molecule has 1 N–H and O–H groups in total. The molecule has 0 aliphatic heterocycles. The van der Waals surface area contributed by atoms with Crippen molar-refractivity contribution in [2.45, 2.75) is 44.4 Å². The molecule has 3 nitrogen and oxygen atoms in total. The van der Waals surface area contributed by atoms with Crippen molar-refractivity contribution in [3.8, 4) is 0 Å². The highest BCUT2D eigenvalue weighted by atomic mass is 32.2. The lowest BCUT2D eigenvalue weighted by atomic mass is 9.51.